The van der Waals surface area contributed by atoms with Crippen LogP contribution in [0.15, 0.2) is 18.2 Å². The maximum absolute atomic E-state index is 12.2. The molecule has 0 aliphatic carbocycles. The lowest BCUT2D eigenvalue weighted by Crippen LogP contribution is -2.38. The van der Waals surface area contributed by atoms with E-state index < -0.39 is 15.3 Å². The molecule has 0 aromatic heterocycles. The van der Waals surface area contributed by atoms with E-state index in [9.17, 15) is 4.79 Å². The molecule has 106 valence electrons. The summed E-state index contributed by atoms with van der Waals surface area (Å²) >= 11 is 26.5. The van der Waals surface area contributed by atoms with E-state index in [1.165, 1.54) is 6.07 Å². The van der Waals surface area contributed by atoms with Crippen LogP contribution in [0.5, 0.6) is 5.75 Å². The van der Waals surface area contributed by atoms with Gasteiger partial charge < -0.3 is 4.74 Å². The first kappa shape index (κ1) is 17.4. The number of alkyl halides is 3. The van der Waals surface area contributed by atoms with Crippen LogP contribution in [0.25, 0.3) is 0 Å². The van der Waals surface area contributed by atoms with Crippen LogP contribution in [-0.2, 0) is 4.79 Å². The minimum atomic E-state index is -0.948. The number of halogens is 5. The number of hydrogen-bond acceptors (Lipinski definition) is 2. The molecule has 1 unspecified atom stereocenters. The van der Waals surface area contributed by atoms with E-state index in [4.69, 9.17) is 51.1 Å². The van der Waals surface area contributed by atoms with Gasteiger partial charge >= 0.3 is 0 Å². The third kappa shape index (κ3) is 4.40. The molecule has 2 nitrogen and oxygen atoms in total. The molecular formula is C12H11BrCl4O2. The lowest BCUT2D eigenvalue weighted by molar-refractivity contribution is -0.129. The quantitative estimate of drug-likeness (QED) is 0.602. The van der Waals surface area contributed by atoms with Crippen LogP contribution >= 0.6 is 62.3 Å². The van der Waals surface area contributed by atoms with Gasteiger partial charge in [0.15, 0.2) is 5.78 Å². The average molecular weight is 409 g/mol. The molecule has 1 aromatic rings. The Kier molecular flexibility index (Phi) is 6.27. The molecule has 7 heteroatoms. The smallest absolute Gasteiger partial charge is 0.211 e. The summed E-state index contributed by atoms with van der Waals surface area (Å²) in [6, 6.07) is 4.72. The fraction of sp³-hybridized carbons (Fsp3) is 0.417. The van der Waals surface area contributed by atoms with Gasteiger partial charge in [0.05, 0.1) is 10.4 Å². The van der Waals surface area contributed by atoms with Crippen molar-refractivity contribution in [1.82, 2.24) is 0 Å². The molecule has 0 fully saturated rings. The lowest BCUT2D eigenvalue weighted by Gasteiger charge is -2.27. The van der Waals surface area contributed by atoms with E-state index >= 15 is 0 Å². The van der Waals surface area contributed by atoms with Crippen molar-refractivity contribution in [3.05, 3.63) is 28.2 Å². The number of ketones is 1. The van der Waals surface area contributed by atoms with Crippen molar-refractivity contribution in [2.24, 2.45) is 5.41 Å². The molecule has 0 saturated carbocycles. The summed E-state index contributed by atoms with van der Waals surface area (Å²) in [7, 11) is 0. The van der Waals surface area contributed by atoms with Crippen LogP contribution in [0.3, 0.4) is 0 Å². The Hall–Kier alpha value is 0.330. The minimum Gasteiger partial charge on any atom is -0.470 e. The average Bonchev–Trinajstić information content (AvgIpc) is 2.31. The number of rotatable bonds is 5. The first-order valence-corrected chi connectivity index (χ1v) is 7.79. The Bertz CT molecular complexity index is 477. The fourth-order valence-corrected chi connectivity index (χ4v) is 2.60. The molecule has 0 saturated heterocycles. The summed E-state index contributed by atoms with van der Waals surface area (Å²) in [5, 5.41) is -0.103. The summed E-state index contributed by atoms with van der Waals surface area (Å²) < 4.78 is 5.46. The minimum absolute atomic E-state index is 0.284. The molecule has 0 spiro atoms. The Morgan fingerprint density at radius 3 is 2.37 bits per heavy atom. The van der Waals surface area contributed by atoms with E-state index in [1.807, 2.05) is 0 Å². The van der Waals surface area contributed by atoms with Crippen molar-refractivity contribution < 1.29 is 9.53 Å². The zero-order valence-corrected chi connectivity index (χ0v) is 14.7. The first-order valence-electron chi connectivity index (χ1n) is 5.24. The zero-order valence-electron chi connectivity index (χ0n) is 10.1. The number of benzene rings is 1. The van der Waals surface area contributed by atoms with Crippen LogP contribution in [0.1, 0.15) is 13.8 Å². The van der Waals surface area contributed by atoms with Gasteiger partial charge in [0.2, 0.25) is 5.01 Å². The van der Waals surface area contributed by atoms with Crippen LogP contribution in [0.4, 0.5) is 0 Å². The second-order valence-electron chi connectivity index (χ2n) is 4.40. The van der Waals surface area contributed by atoms with Crippen LogP contribution in [0.2, 0.25) is 10.0 Å². The van der Waals surface area contributed by atoms with Gasteiger partial charge in [-0.3, -0.25) is 4.79 Å². The van der Waals surface area contributed by atoms with Crippen molar-refractivity contribution >= 4 is 68.1 Å². The SMILES string of the molecule is CC(C)(C(=O)C(Br)Oc1ccc(Cl)cc1Cl)C(Cl)Cl. The number of carbonyl (C=O) groups excluding carboxylic acids is 1. The zero-order chi connectivity index (χ0) is 14.8. The van der Waals surface area contributed by atoms with E-state index in [-0.39, 0.29) is 5.78 Å². The maximum Gasteiger partial charge on any atom is 0.211 e. The largest absolute Gasteiger partial charge is 0.470 e. The molecule has 0 radical (unpaired) electrons. The second kappa shape index (κ2) is 6.86. The van der Waals surface area contributed by atoms with Gasteiger partial charge in [0.1, 0.15) is 10.6 Å². The summed E-state index contributed by atoms with van der Waals surface area (Å²) in [6.07, 6.45) is 0. The summed E-state index contributed by atoms with van der Waals surface area (Å²) in [5.74, 6) is 0.0614. The van der Waals surface area contributed by atoms with Crippen LogP contribution < -0.4 is 4.74 Å². The van der Waals surface area contributed by atoms with Gasteiger partial charge in [-0.1, -0.05) is 37.0 Å². The number of hydrogen-bond donors (Lipinski definition) is 0. The third-order valence-corrected chi connectivity index (χ3v) is 4.74. The molecule has 0 amide bonds. The van der Waals surface area contributed by atoms with E-state index in [0.717, 1.165) is 0 Å². The van der Waals surface area contributed by atoms with Gasteiger partial charge in [-0.25, -0.2) is 0 Å². The molecule has 1 rings (SSSR count). The van der Waals surface area contributed by atoms with Gasteiger partial charge in [0.25, 0.3) is 0 Å². The van der Waals surface area contributed by atoms with E-state index in [0.29, 0.717) is 15.8 Å². The standard InChI is InChI=1S/C12H11BrCl4O2/c1-12(2,11(16)17)9(18)10(13)19-8-4-3-6(14)5-7(8)15/h3-5,10-11H,1-2H3. The molecule has 0 heterocycles. The highest BCUT2D eigenvalue weighted by molar-refractivity contribution is 9.09. The van der Waals surface area contributed by atoms with Gasteiger partial charge in [-0.2, -0.15) is 0 Å². The Morgan fingerprint density at radius 2 is 1.89 bits per heavy atom. The molecule has 19 heavy (non-hydrogen) atoms. The molecule has 1 aromatic carbocycles. The topological polar surface area (TPSA) is 26.3 Å². The van der Waals surface area contributed by atoms with Gasteiger partial charge in [-0.05, 0) is 34.1 Å². The Balaban J connectivity index is 2.85. The van der Waals surface area contributed by atoms with Crippen molar-refractivity contribution in [3.8, 4) is 5.75 Å². The predicted octanol–water partition coefficient (Wildman–Crippen LogP) is 5.49. The Morgan fingerprint density at radius 1 is 1.32 bits per heavy atom. The highest BCUT2D eigenvalue weighted by Crippen LogP contribution is 2.35. The monoisotopic (exact) mass is 406 g/mol. The number of ether oxygens (including phenoxy) is 1. The highest BCUT2D eigenvalue weighted by Gasteiger charge is 2.39. The summed E-state index contributed by atoms with van der Waals surface area (Å²) in [5.41, 5.74) is -0.948. The molecule has 0 bridgehead atoms. The van der Waals surface area contributed by atoms with Gasteiger partial charge in [-0.15, -0.1) is 23.2 Å². The molecule has 0 aliphatic heterocycles. The molecule has 1 atom stereocenters. The van der Waals surface area contributed by atoms with Crippen LogP contribution in [0, 0.1) is 5.41 Å². The maximum atomic E-state index is 12.2. The van der Waals surface area contributed by atoms with Crippen molar-refractivity contribution in [2.45, 2.75) is 23.7 Å². The first-order chi connectivity index (χ1) is 8.66. The van der Waals surface area contributed by atoms with Crippen LogP contribution in [-0.4, -0.2) is 15.6 Å². The van der Waals surface area contributed by atoms with Crippen molar-refractivity contribution in [2.75, 3.05) is 0 Å². The Labute approximate surface area is 140 Å². The fourth-order valence-electron chi connectivity index (χ4n) is 1.14. The summed E-state index contributed by atoms with van der Waals surface area (Å²) in [4.78, 5) is 11.3. The second-order valence-corrected chi connectivity index (χ2v) is 7.17. The normalized spacial score (nSPS) is 13.5. The van der Waals surface area contributed by atoms with E-state index in [2.05, 4.69) is 15.9 Å². The van der Waals surface area contributed by atoms with Crippen molar-refractivity contribution in [1.29, 1.82) is 0 Å². The lowest BCUT2D eigenvalue weighted by atomic mass is 9.90. The molecule has 0 N–H and O–H groups in total. The van der Waals surface area contributed by atoms with E-state index in [1.54, 1.807) is 26.0 Å². The van der Waals surface area contributed by atoms with Gasteiger partial charge in [0, 0.05) is 5.02 Å². The number of Topliss-reactive ketones (excluding diaryl/α,β-unsaturated/α-hetero) is 1. The summed E-state index contributed by atoms with van der Waals surface area (Å²) in [6.45, 7) is 3.28. The predicted molar refractivity (Wildman–Crippen MR) is 84.1 cm³/mol. The molecule has 0 aliphatic rings. The van der Waals surface area contributed by atoms with Crippen molar-refractivity contribution in [3.63, 3.8) is 0 Å². The molecular weight excluding hydrogens is 398 g/mol. The number of carbonyl (C=O) groups is 1. The highest BCUT2D eigenvalue weighted by atomic mass is 79.9. The third-order valence-electron chi connectivity index (χ3n) is 2.51.